The molecule has 3 aliphatic heterocycles. The fraction of sp³-hybridized carbons (Fsp3) is 0.667. The van der Waals surface area contributed by atoms with Gasteiger partial charge in [-0.05, 0) is 89.5 Å². The van der Waals surface area contributed by atoms with Crippen molar-refractivity contribution >= 4 is 23.4 Å². The summed E-state index contributed by atoms with van der Waals surface area (Å²) in [5.74, 6) is -1.39. The molecule has 0 saturated carbocycles. The van der Waals surface area contributed by atoms with E-state index < -0.39 is 34.6 Å². The molecule has 3 heterocycles. The highest BCUT2D eigenvalue weighted by atomic mass is 16.5. The largest absolute Gasteiger partial charge is 0.494 e. The molecule has 266 valence electrons. The third kappa shape index (κ3) is 7.23. The highest BCUT2D eigenvalue weighted by molar-refractivity contribution is 6.03. The fourth-order valence-corrected chi connectivity index (χ4v) is 8.88. The molecule has 0 aromatic heterocycles. The third-order valence-corrected chi connectivity index (χ3v) is 10.4. The highest BCUT2D eigenvalue weighted by Crippen LogP contribution is 2.64. The van der Waals surface area contributed by atoms with Crippen molar-refractivity contribution in [3.05, 3.63) is 49.6 Å². The fourth-order valence-electron chi connectivity index (χ4n) is 8.88. The van der Waals surface area contributed by atoms with Crippen LogP contribution in [0, 0.1) is 17.3 Å². The second-order valence-corrected chi connectivity index (χ2v) is 15.8. The van der Waals surface area contributed by atoms with Gasteiger partial charge >= 0.3 is 0 Å². The van der Waals surface area contributed by atoms with Gasteiger partial charge in [-0.1, -0.05) is 45.8 Å². The number of carbonyl (C=O) groups excluding carboxylic acids is 3. The summed E-state index contributed by atoms with van der Waals surface area (Å²) < 4.78 is 12.6. The number of aliphatic hydroxyl groups excluding tert-OH is 1. The summed E-state index contributed by atoms with van der Waals surface area (Å²) in [7, 11) is 0. The Balaban J connectivity index is 1.77. The number of hydrogen-bond acceptors (Lipinski definition) is 6. The van der Waals surface area contributed by atoms with Gasteiger partial charge in [0.25, 0.3) is 0 Å². The standard InChI is InChI=1S/C39H59N3O6/c1-10-23-40(28-17-19-29(20-18-28)47-12-3)33(44)30-31-34(45)41(25-15-13-14-16-26-43)32(39(31)22-21-38(30,9)48-39)35(46)42(24-11-2)37(7,8)27-36(4,5)6/h10-11,17-20,30-32,43H,1-2,12-16,21-27H2,3-9H3/t30-,31-,32?,38+,39?/m0/s1. The zero-order valence-corrected chi connectivity index (χ0v) is 30.4. The highest BCUT2D eigenvalue weighted by Gasteiger charge is 2.78. The van der Waals surface area contributed by atoms with Crippen LogP contribution in [0.15, 0.2) is 49.6 Å². The van der Waals surface area contributed by atoms with Crippen LogP contribution >= 0.6 is 0 Å². The lowest BCUT2D eigenvalue weighted by Crippen LogP contribution is -2.61. The Morgan fingerprint density at radius 3 is 2.25 bits per heavy atom. The summed E-state index contributed by atoms with van der Waals surface area (Å²) in [6, 6.07) is 6.52. The molecule has 3 aliphatic rings. The first-order valence-electron chi connectivity index (χ1n) is 17.8. The Bertz CT molecular complexity index is 1340. The number of amides is 3. The van der Waals surface area contributed by atoms with Gasteiger partial charge in [-0.3, -0.25) is 14.4 Å². The molecule has 5 atom stereocenters. The molecule has 1 spiro atoms. The summed E-state index contributed by atoms with van der Waals surface area (Å²) in [5.41, 5.74) is -1.92. The normalized spacial score (nSPS) is 26.4. The average molecular weight is 666 g/mol. The van der Waals surface area contributed by atoms with Crippen molar-refractivity contribution in [3.8, 4) is 5.75 Å². The van der Waals surface area contributed by atoms with Gasteiger partial charge in [0.1, 0.15) is 17.4 Å². The van der Waals surface area contributed by atoms with E-state index in [1.54, 1.807) is 22.0 Å². The first-order valence-corrected chi connectivity index (χ1v) is 17.8. The molecule has 0 aliphatic carbocycles. The van der Waals surface area contributed by atoms with E-state index in [-0.39, 0.29) is 36.3 Å². The number of rotatable bonds is 17. The van der Waals surface area contributed by atoms with Crippen LogP contribution in [0.25, 0.3) is 0 Å². The van der Waals surface area contributed by atoms with Gasteiger partial charge in [0.2, 0.25) is 17.7 Å². The molecule has 2 unspecified atom stereocenters. The molecular formula is C39H59N3O6. The maximum Gasteiger partial charge on any atom is 0.249 e. The molecule has 3 saturated heterocycles. The number of aliphatic hydroxyl groups is 1. The predicted molar refractivity (Wildman–Crippen MR) is 190 cm³/mol. The van der Waals surface area contributed by atoms with E-state index >= 15 is 4.79 Å². The van der Waals surface area contributed by atoms with Crippen LogP contribution in [0.3, 0.4) is 0 Å². The number of hydrogen-bond donors (Lipinski definition) is 1. The van der Waals surface area contributed by atoms with Crippen molar-refractivity contribution in [2.75, 3.05) is 37.7 Å². The topological polar surface area (TPSA) is 99.6 Å². The van der Waals surface area contributed by atoms with Gasteiger partial charge in [-0.2, -0.15) is 0 Å². The summed E-state index contributed by atoms with van der Waals surface area (Å²) in [6.45, 7) is 24.0. The molecule has 1 aromatic carbocycles. The Hall–Kier alpha value is -3.17. The average Bonchev–Trinajstić information content (AvgIpc) is 3.58. The number of carbonyl (C=O) groups is 3. The summed E-state index contributed by atoms with van der Waals surface area (Å²) >= 11 is 0. The number of benzene rings is 1. The zero-order chi connectivity index (χ0) is 35.5. The Labute approximate surface area is 288 Å². The summed E-state index contributed by atoms with van der Waals surface area (Å²) in [4.78, 5) is 49.9. The Morgan fingerprint density at radius 1 is 1.02 bits per heavy atom. The van der Waals surface area contributed by atoms with E-state index in [0.29, 0.717) is 56.8 Å². The molecule has 9 heteroatoms. The summed E-state index contributed by atoms with van der Waals surface area (Å²) in [5, 5.41) is 9.30. The van der Waals surface area contributed by atoms with Gasteiger partial charge in [-0.25, -0.2) is 0 Å². The minimum Gasteiger partial charge on any atom is -0.494 e. The number of nitrogens with zero attached hydrogens (tertiary/aromatic N) is 3. The van der Waals surface area contributed by atoms with Gasteiger partial charge < -0.3 is 29.3 Å². The van der Waals surface area contributed by atoms with Gasteiger partial charge in [-0.15, -0.1) is 13.2 Å². The number of fused-ring (bicyclic) bond motifs is 1. The first kappa shape index (κ1) is 37.6. The van der Waals surface area contributed by atoms with E-state index in [1.807, 2.05) is 43.0 Å². The molecule has 1 aromatic rings. The van der Waals surface area contributed by atoms with Crippen molar-refractivity contribution in [2.45, 2.75) is 116 Å². The third-order valence-electron chi connectivity index (χ3n) is 10.4. The van der Waals surface area contributed by atoms with Gasteiger partial charge in [0, 0.05) is 37.5 Å². The van der Waals surface area contributed by atoms with E-state index in [4.69, 9.17) is 9.47 Å². The predicted octanol–water partition coefficient (Wildman–Crippen LogP) is 6.15. The van der Waals surface area contributed by atoms with E-state index in [9.17, 15) is 14.7 Å². The molecule has 48 heavy (non-hydrogen) atoms. The molecule has 0 radical (unpaired) electrons. The lowest BCUT2D eigenvalue weighted by Gasteiger charge is -2.45. The Kier molecular flexibility index (Phi) is 11.6. The molecule has 2 bridgehead atoms. The molecule has 3 fully saturated rings. The number of likely N-dealkylation sites (tertiary alicyclic amines) is 1. The van der Waals surface area contributed by atoms with Crippen LogP contribution in [0.1, 0.15) is 93.4 Å². The van der Waals surface area contributed by atoms with Crippen LogP contribution in [0.5, 0.6) is 5.75 Å². The minimum absolute atomic E-state index is 0.0509. The molecule has 3 amide bonds. The van der Waals surface area contributed by atoms with Crippen molar-refractivity contribution in [3.63, 3.8) is 0 Å². The lowest BCUT2D eigenvalue weighted by molar-refractivity contribution is -0.155. The van der Waals surface area contributed by atoms with Crippen LogP contribution in [-0.4, -0.2) is 88.3 Å². The zero-order valence-electron chi connectivity index (χ0n) is 30.4. The lowest BCUT2D eigenvalue weighted by atomic mass is 9.65. The van der Waals surface area contributed by atoms with Gasteiger partial charge in [0.05, 0.1) is 24.0 Å². The maximum absolute atomic E-state index is 15.1. The van der Waals surface area contributed by atoms with Gasteiger partial charge in [0.15, 0.2) is 0 Å². The molecular weight excluding hydrogens is 606 g/mol. The second-order valence-electron chi connectivity index (χ2n) is 15.8. The second kappa shape index (κ2) is 14.8. The minimum atomic E-state index is -1.12. The summed E-state index contributed by atoms with van der Waals surface area (Å²) in [6.07, 6.45) is 8.31. The van der Waals surface area contributed by atoms with Crippen LogP contribution in [0.4, 0.5) is 5.69 Å². The number of ether oxygens (including phenoxy) is 2. The van der Waals surface area contributed by atoms with E-state index in [1.165, 1.54) is 0 Å². The molecule has 1 N–H and O–H groups in total. The van der Waals surface area contributed by atoms with Crippen LogP contribution < -0.4 is 9.64 Å². The quantitative estimate of drug-likeness (QED) is 0.158. The van der Waals surface area contributed by atoms with Crippen molar-refractivity contribution in [1.82, 2.24) is 9.80 Å². The number of anilines is 1. The van der Waals surface area contributed by atoms with Crippen LogP contribution in [-0.2, 0) is 19.1 Å². The molecule has 9 nitrogen and oxygen atoms in total. The van der Waals surface area contributed by atoms with Crippen molar-refractivity contribution in [1.29, 1.82) is 0 Å². The smallest absolute Gasteiger partial charge is 0.249 e. The van der Waals surface area contributed by atoms with E-state index in [2.05, 4.69) is 47.8 Å². The monoisotopic (exact) mass is 665 g/mol. The number of unbranched alkanes of at least 4 members (excludes halogenated alkanes) is 3. The van der Waals surface area contributed by atoms with E-state index in [0.717, 1.165) is 19.3 Å². The van der Waals surface area contributed by atoms with Crippen LogP contribution in [0.2, 0.25) is 0 Å². The maximum atomic E-state index is 15.1. The van der Waals surface area contributed by atoms with Crippen molar-refractivity contribution in [2.24, 2.45) is 17.3 Å². The SMILES string of the molecule is C=CCN(C(=O)[C@@H]1[C@H]2C(=O)N(CCCCCCO)C(C(=O)N(CC=C)C(C)(C)CC(C)(C)C)C23CC[C@@]1(C)O3)c1ccc(OCC)cc1. The Morgan fingerprint density at radius 2 is 1.67 bits per heavy atom. The first-order chi connectivity index (χ1) is 22.6. The molecule has 4 rings (SSSR count). The van der Waals surface area contributed by atoms with Crippen molar-refractivity contribution < 1.29 is 29.0 Å².